The van der Waals surface area contributed by atoms with Crippen LogP contribution >= 0.6 is 0 Å². The lowest BCUT2D eigenvalue weighted by Crippen LogP contribution is -2.33. The molecule has 1 amide bonds. The van der Waals surface area contributed by atoms with Gasteiger partial charge < -0.3 is 20.4 Å². The first-order valence-electron chi connectivity index (χ1n) is 11.0. The Morgan fingerprint density at radius 1 is 1.19 bits per heavy atom. The molecule has 1 aliphatic heterocycles. The summed E-state index contributed by atoms with van der Waals surface area (Å²) in [5.74, 6) is 1.24. The van der Waals surface area contributed by atoms with Crippen LogP contribution in [0.3, 0.4) is 0 Å². The maximum absolute atomic E-state index is 13.0. The van der Waals surface area contributed by atoms with Crippen molar-refractivity contribution in [1.29, 1.82) is 0 Å². The van der Waals surface area contributed by atoms with Crippen LogP contribution in [0.1, 0.15) is 50.9 Å². The van der Waals surface area contributed by atoms with Gasteiger partial charge in [-0.3, -0.25) is 4.79 Å². The van der Waals surface area contributed by atoms with Gasteiger partial charge in [-0.2, -0.15) is 0 Å². The normalized spacial score (nSPS) is 13.1. The molecule has 4 rings (SSSR count). The molecule has 2 aromatic heterocycles. The number of aromatic nitrogens is 3. The number of nitrogens with one attached hydrogen (secondary N) is 3. The van der Waals surface area contributed by atoms with Crippen molar-refractivity contribution < 1.29 is 9.53 Å². The number of benzene rings is 1. The number of hydrogen-bond donors (Lipinski definition) is 3. The minimum Gasteiger partial charge on any atom is -0.497 e. The minimum absolute atomic E-state index is 0.184. The molecule has 0 saturated heterocycles. The maximum atomic E-state index is 13.0. The van der Waals surface area contributed by atoms with E-state index in [9.17, 15) is 4.79 Å². The molecule has 3 heterocycles. The number of methoxy groups -OCH3 is 1. The number of carbonyl (C=O) groups excluding carboxylic acids is 1. The Balaban J connectivity index is 0.00000141. The third kappa shape index (κ3) is 4.99. The van der Waals surface area contributed by atoms with Gasteiger partial charge in [0.2, 0.25) is 0 Å². The Labute approximate surface area is 189 Å². The first-order valence-corrected chi connectivity index (χ1v) is 11.0. The van der Waals surface area contributed by atoms with Gasteiger partial charge in [-0.15, -0.1) is 0 Å². The summed E-state index contributed by atoms with van der Waals surface area (Å²) in [5.41, 5.74) is 5.67. The fourth-order valence-electron chi connectivity index (χ4n) is 3.50. The molecule has 168 valence electrons. The molecule has 0 atom stereocenters. The molecule has 1 aliphatic rings. The Bertz CT molecular complexity index is 1140. The van der Waals surface area contributed by atoms with Crippen molar-refractivity contribution >= 4 is 17.1 Å². The zero-order valence-electron chi connectivity index (χ0n) is 19.4. The molecule has 1 aromatic carbocycles. The first-order chi connectivity index (χ1) is 15.6. The van der Waals surface area contributed by atoms with E-state index in [-0.39, 0.29) is 5.91 Å². The molecular weight excluding hydrogens is 402 g/mol. The molecule has 7 heteroatoms. The predicted octanol–water partition coefficient (Wildman–Crippen LogP) is 4.95. The highest BCUT2D eigenvalue weighted by Crippen LogP contribution is 2.24. The van der Waals surface area contributed by atoms with Crippen LogP contribution < -0.4 is 15.4 Å². The fraction of sp³-hybridized carbons (Fsp3) is 0.320. The Morgan fingerprint density at radius 3 is 2.59 bits per heavy atom. The van der Waals surface area contributed by atoms with Crippen LogP contribution in [0.15, 0.2) is 59.6 Å². The van der Waals surface area contributed by atoms with Crippen LogP contribution in [-0.2, 0) is 0 Å². The quantitative estimate of drug-likeness (QED) is 0.511. The largest absolute Gasteiger partial charge is 0.497 e. The number of allylic oxidation sites excluding steroid dienone is 3. The number of fused-ring (bicyclic) bond motifs is 1. The summed E-state index contributed by atoms with van der Waals surface area (Å²) in [7, 11) is 1.63. The van der Waals surface area contributed by atoms with Crippen molar-refractivity contribution in [2.75, 3.05) is 13.7 Å². The average molecular weight is 434 g/mol. The van der Waals surface area contributed by atoms with Gasteiger partial charge in [0.25, 0.3) is 5.91 Å². The molecule has 7 nitrogen and oxygen atoms in total. The molecule has 3 aromatic rings. The lowest BCUT2D eigenvalue weighted by atomic mass is 10.1. The van der Waals surface area contributed by atoms with E-state index in [1.165, 1.54) is 5.70 Å². The highest BCUT2D eigenvalue weighted by atomic mass is 16.5. The number of rotatable bonds is 6. The smallest absolute Gasteiger partial charge is 0.257 e. The van der Waals surface area contributed by atoms with E-state index in [0.29, 0.717) is 29.1 Å². The van der Waals surface area contributed by atoms with Gasteiger partial charge in [-0.05, 0) is 55.3 Å². The van der Waals surface area contributed by atoms with Gasteiger partial charge in [-0.25, -0.2) is 9.97 Å². The fourth-order valence-corrected chi connectivity index (χ4v) is 3.50. The van der Waals surface area contributed by atoms with Gasteiger partial charge >= 0.3 is 0 Å². The summed E-state index contributed by atoms with van der Waals surface area (Å²) >= 11 is 0. The zero-order chi connectivity index (χ0) is 23.1. The van der Waals surface area contributed by atoms with E-state index < -0.39 is 0 Å². The standard InChI is InChI=1S/C23H25N5O2.C2H6/c1-4-5-16-12-14(2)19(13-25-16)26-23(29)18-10-11-24-22-20(18)27-21(28-22)15-6-8-17(30-3)9-7-15;1-2/h6-12,25H,4-5,13H2,1-3H3,(H,26,29)(H,24,27,28);1-2H3. The van der Waals surface area contributed by atoms with Crippen molar-refractivity contribution in [3.8, 4) is 17.1 Å². The van der Waals surface area contributed by atoms with Gasteiger partial charge in [0.15, 0.2) is 5.65 Å². The maximum Gasteiger partial charge on any atom is 0.257 e. The second kappa shape index (κ2) is 10.6. The number of H-pyrrole nitrogens is 1. The van der Waals surface area contributed by atoms with E-state index >= 15 is 0 Å². The summed E-state index contributed by atoms with van der Waals surface area (Å²) in [5, 5.41) is 6.42. The highest BCUT2D eigenvalue weighted by molar-refractivity contribution is 6.05. The zero-order valence-corrected chi connectivity index (χ0v) is 19.4. The number of amides is 1. The monoisotopic (exact) mass is 433 g/mol. The SMILES string of the molecule is CC.CCCC1=CC(C)=C(NC(=O)c2ccnc3nc(-c4ccc(OC)cc4)[nH]c23)CN1. The molecule has 0 fully saturated rings. The molecule has 0 aliphatic carbocycles. The van der Waals surface area contributed by atoms with Crippen LogP contribution in [0.25, 0.3) is 22.6 Å². The van der Waals surface area contributed by atoms with Crippen LogP contribution in [0.5, 0.6) is 5.75 Å². The van der Waals surface area contributed by atoms with Crippen molar-refractivity contribution in [3.63, 3.8) is 0 Å². The lowest BCUT2D eigenvalue weighted by Gasteiger charge is -2.21. The number of pyridine rings is 1. The van der Waals surface area contributed by atoms with Crippen molar-refractivity contribution in [1.82, 2.24) is 25.6 Å². The van der Waals surface area contributed by atoms with Crippen LogP contribution in [0.4, 0.5) is 0 Å². The number of ether oxygens (including phenoxy) is 1. The average Bonchev–Trinajstić information content (AvgIpc) is 3.27. The molecule has 0 saturated carbocycles. The van der Waals surface area contributed by atoms with E-state index in [1.54, 1.807) is 19.4 Å². The number of imidazole rings is 1. The Hall–Kier alpha value is -3.61. The Kier molecular flexibility index (Phi) is 7.65. The molecule has 0 unspecified atom stereocenters. The number of aromatic amines is 1. The van der Waals surface area contributed by atoms with Gasteiger partial charge in [0, 0.05) is 23.2 Å². The summed E-state index contributed by atoms with van der Waals surface area (Å²) in [6.45, 7) is 8.78. The predicted molar refractivity (Wildman–Crippen MR) is 128 cm³/mol. The Morgan fingerprint density at radius 2 is 1.94 bits per heavy atom. The van der Waals surface area contributed by atoms with Crippen molar-refractivity contribution in [2.45, 2.75) is 40.5 Å². The van der Waals surface area contributed by atoms with E-state index in [2.05, 4.69) is 38.6 Å². The van der Waals surface area contributed by atoms with E-state index in [4.69, 9.17) is 4.74 Å². The number of dihydropyridines is 1. The molecule has 0 radical (unpaired) electrons. The summed E-state index contributed by atoms with van der Waals surface area (Å²) < 4.78 is 5.21. The molecule has 0 spiro atoms. The molecule has 0 bridgehead atoms. The molecular formula is C25H31N5O2. The second-order valence-electron chi connectivity index (χ2n) is 7.26. The van der Waals surface area contributed by atoms with Gasteiger partial charge in [0.1, 0.15) is 11.6 Å². The van der Waals surface area contributed by atoms with Crippen LogP contribution in [0, 0.1) is 0 Å². The first kappa shape index (κ1) is 23.1. The van der Waals surface area contributed by atoms with Crippen molar-refractivity contribution in [2.24, 2.45) is 0 Å². The molecule has 3 N–H and O–H groups in total. The summed E-state index contributed by atoms with van der Waals surface area (Å²) in [6.07, 6.45) is 5.79. The van der Waals surface area contributed by atoms with E-state index in [1.807, 2.05) is 45.0 Å². The number of carbonyl (C=O) groups is 1. The third-order valence-corrected chi connectivity index (χ3v) is 5.14. The highest BCUT2D eigenvalue weighted by Gasteiger charge is 2.18. The van der Waals surface area contributed by atoms with Crippen LogP contribution in [-0.4, -0.2) is 34.5 Å². The second-order valence-corrected chi connectivity index (χ2v) is 7.26. The number of nitrogens with zero attached hydrogens (tertiary/aromatic N) is 2. The topological polar surface area (TPSA) is 91.9 Å². The summed E-state index contributed by atoms with van der Waals surface area (Å²) in [4.78, 5) is 25.1. The lowest BCUT2D eigenvalue weighted by molar-refractivity contribution is 0.0966. The van der Waals surface area contributed by atoms with Gasteiger partial charge in [-0.1, -0.05) is 27.2 Å². The third-order valence-electron chi connectivity index (χ3n) is 5.14. The molecule has 32 heavy (non-hydrogen) atoms. The van der Waals surface area contributed by atoms with Crippen LogP contribution in [0.2, 0.25) is 0 Å². The summed E-state index contributed by atoms with van der Waals surface area (Å²) in [6, 6.07) is 9.28. The number of hydrogen-bond acceptors (Lipinski definition) is 5. The van der Waals surface area contributed by atoms with E-state index in [0.717, 1.165) is 35.4 Å². The minimum atomic E-state index is -0.184. The van der Waals surface area contributed by atoms with Gasteiger partial charge in [0.05, 0.1) is 24.7 Å². The van der Waals surface area contributed by atoms with Crippen molar-refractivity contribution in [3.05, 3.63) is 65.1 Å².